The van der Waals surface area contributed by atoms with Crippen molar-refractivity contribution in [2.24, 2.45) is 0 Å². The minimum atomic E-state index is -1.39. The number of hydrogen-bond acceptors (Lipinski definition) is 3. The first-order valence-corrected chi connectivity index (χ1v) is 9.07. The molecule has 0 aromatic rings. The number of carbonyl (C=O) groups excluding carboxylic acids is 2. The lowest BCUT2D eigenvalue weighted by atomic mass is 10.2. The molecular formula is C13H24N2O3Si. The number of urea groups is 1. The smallest absolute Gasteiger partial charge is 0.324 e. The molecule has 0 spiro atoms. The molecule has 1 heterocycles. The second-order valence-electron chi connectivity index (χ2n) is 4.94. The zero-order chi connectivity index (χ0) is 14.1. The summed E-state index contributed by atoms with van der Waals surface area (Å²) >= 11 is 0. The van der Waals surface area contributed by atoms with E-state index in [0.29, 0.717) is 19.5 Å². The number of likely N-dealkylation sites (tertiary alicyclic amines) is 1. The number of unbranched alkanes of at least 4 members (excludes halogenated alkanes) is 1. The Morgan fingerprint density at radius 3 is 2.84 bits per heavy atom. The lowest BCUT2D eigenvalue weighted by Gasteiger charge is -2.18. The fourth-order valence-electron chi connectivity index (χ4n) is 2.11. The quantitative estimate of drug-likeness (QED) is 0.601. The average molecular weight is 284 g/mol. The lowest BCUT2D eigenvalue weighted by Crippen LogP contribution is -2.43. The van der Waals surface area contributed by atoms with Gasteiger partial charge < -0.3 is 9.78 Å². The predicted molar refractivity (Wildman–Crippen MR) is 74.5 cm³/mol. The summed E-state index contributed by atoms with van der Waals surface area (Å²) in [5, 5.41) is 2.78. The minimum Gasteiger partial charge on any atom is -0.388 e. The molecule has 1 aliphatic rings. The van der Waals surface area contributed by atoms with E-state index in [1.54, 1.807) is 0 Å². The van der Waals surface area contributed by atoms with Gasteiger partial charge in [-0.15, -0.1) is 0 Å². The van der Waals surface area contributed by atoms with Crippen LogP contribution in [-0.2, 0) is 9.26 Å². The molecule has 0 aliphatic carbocycles. The van der Waals surface area contributed by atoms with Crippen molar-refractivity contribution in [2.45, 2.75) is 57.5 Å². The Balaban J connectivity index is 2.19. The summed E-state index contributed by atoms with van der Waals surface area (Å²) in [5.41, 5.74) is 0. The van der Waals surface area contributed by atoms with Crippen LogP contribution < -0.4 is 5.32 Å². The molecule has 1 fully saturated rings. The van der Waals surface area contributed by atoms with E-state index in [4.69, 9.17) is 0 Å². The third-order valence-electron chi connectivity index (χ3n) is 3.37. The highest BCUT2D eigenvalue weighted by Crippen LogP contribution is 2.11. The Bertz CT molecular complexity index is 334. The topological polar surface area (TPSA) is 66.5 Å². The van der Waals surface area contributed by atoms with Crippen LogP contribution in [0.25, 0.3) is 0 Å². The minimum absolute atomic E-state index is 0.0639. The van der Waals surface area contributed by atoms with Crippen molar-refractivity contribution < 1.29 is 14.1 Å². The summed E-state index contributed by atoms with van der Waals surface area (Å²) in [7, 11) is -1.39. The van der Waals surface area contributed by atoms with Crippen molar-refractivity contribution in [3.63, 3.8) is 0 Å². The molecule has 0 bridgehead atoms. The van der Waals surface area contributed by atoms with Gasteiger partial charge in [0.1, 0.15) is 0 Å². The molecule has 5 nitrogen and oxygen atoms in total. The van der Waals surface area contributed by atoms with Gasteiger partial charge in [-0.3, -0.25) is 9.69 Å². The summed E-state index contributed by atoms with van der Waals surface area (Å²) < 4.78 is 11.3. The molecule has 19 heavy (non-hydrogen) atoms. The number of imide groups is 1. The molecule has 0 atom stereocenters. The first kappa shape index (κ1) is 16.0. The second kappa shape index (κ2) is 8.96. The third-order valence-corrected chi connectivity index (χ3v) is 5.07. The van der Waals surface area contributed by atoms with E-state index in [2.05, 4.69) is 5.32 Å². The zero-order valence-electron chi connectivity index (χ0n) is 11.7. The normalized spacial score (nSPS) is 16.1. The van der Waals surface area contributed by atoms with Crippen LogP contribution in [0.1, 0.15) is 45.4 Å². The molecule has 0 unspecified atom stereocenters. The number of rotatable bonds is 6. The van der Waals surface area contributed by atoms with Gasteiger partial charge >= 0.3 is 6.03 Å². The summed E-state index contributed by atoms with van der Waals surface area (Å²) in [6.07, 6.45) is 4.97. The van der Waals surface area contributed by atoms with Crippen molar-refractivity contribution in [1.82, 2.24) is 10.2 Å². The highest BCUT2D eigenvalue weighted by Gasteiger charge is 2.22. The van der Waals surface area contributed by atoms with E-state index in [1.807, 2.05) is 6.92 Å². The molecule has 0 saturated carbocycles. The third kappa shape index (κ3) is 6.09. The predicted octanol–water partition coefficient (Wildman–Crippen LogP) is 2.32. The maximum absolute atomic E-state index is 11.9. The largest absolute Gasteiger partial charge is 0.388 e. The van der Waals surface area contributed by atoms with Crippen LogP contribution in [0.3, 0.4) is 0 Å². The SMILES string of the molecule is CC[Si](=O)CCCCNC(=O)N1CCCCCC1=O. The van der Waals surface area contributed by atoms with E-state index in [9.17, 15) is 14.1 Å². The Morgan fingerprint density at radius 1 is 1.32 bits per heavy atom. The number of nitrogens with one attached hydrogen (secondary N) is 1. The summed E-state index contributed by atoms with van der Waals surface area (Å²) in [6.45, 7) is 3.03. The van der Waals surface area contributed by atoms with Gasteiger partial charge in [-0.1, -0.05) is 13.3 Å². The zero-order valence-corrected chi connectivity index (χ0v) is 12.7. The van der Waals surface area contributed by atoms with Crippen LogP contribution in [0.2, 0.25) is 12.1 Å². The van der Waals surface area contributed by atoms with Gasteiger partial charge in [-0.25, -0.2) is 4.79 Å². The number of carbonyl (C=O) groups is 2. The molecule has 0 aromatic carbocycles. The molecule has 1 saturated heterocycles. The Morgan fingerprint density at radius 2 is 2.11 bits per heavy atom. The molecule has 1 rings (SSSR count). The molecule has 1 aliphatic heterocycles. The van der Waals surface area contributed by atoms with Crippen LogP contribution in [0.5, 0.6) is 0 Å². The van der Waals surface area contributed by atoms with Crippen LogP contribution in [0.15, 0.2) is 0 Å². The Labute approximate surface area is 116 Å². The van der Waals surface area contributed by atoms with Crippen molar-refractivity contribution in [2.75, 3.05) is 13.1 Å². The highest BCUT2D eigenvalue weighted by atomic mass is 28.3. The Kier molecular flexibility index (Phi) is 7.55. The van der Waals surface area contributed by atoms with Gasteiger partial charge in [0, 0.05) is 19.5 Å². The summed E-state index contributed by atoms with van der Waals surface area (Å²) in [5.74, 6) is -0.0639. The van der Waals surface area contributed by atoms with Gasteiger partial charge in [0.05, 0.1) is 0 Å². The van der Waals surface area contributed by atoms with Gasteiger partial charge in [0.2, 0.25) is 5.91 Å². The molecule has 1 N–H and O–H groups in total. The Hall–Kier alpha value is -1.04. The van der Waals surface area contributed by atoms with E-state index in [-0.39, 0.29) is 11.9 Å². The van der Waals surface area contributed by atoms with Crippen molar-refractivity contribution in [1.29, 1.82) is 0 Å². The lowest BCUT2D eigenvalue weighted by molar-refractivity contribution is -0.127. The van der Waals surface area contributed by atoms with Crippen LogP contribution in [0.4, 0.5) is 4.79 Å². The van der Waals surface area contributed by atoms with E-state index in [1.165, 1.54) is 4.90 Å². The second-order valence-corrected chi connectivity index (χ2v) is 7.22. The van der Waals surface area contributed by atoms with E-state index >= 15 is 0 Å². The van der Waals surface area contributed by atoms with E-state index < -0.39 is 8.68 Å². The molecule has 6 heteroatoms. The van der Waals surface area contributed by atoms with Crippen LogP contribution in [-0.4, -0.2) is 38.6 Å². The van der Waals surface area contributed by atoms with Gasteiger partial charge in [0.15, 0.2) is 0 Å². The van der Waals surface area contributed by atoms with Gasteiger partial charge in [0.25, 0.3) is 8.68 Å². The maximum atomic E-state index is 11.9. The highest BCUT2D eigenvalue weighted by molar-refractivity contribution is 6.42. The monoisotopic (exact) mass is 284 g/mol. The van der Waals surface area contributed by atoms with Gasteiger partial charge in [-0.2, -0.15) is 0 Å². The fourth-order valence-corrected chi connectivity index (χ4v) is 3.11. The number of nitrogens with zero attached hydrogens (tertiary/aromatic N) is 1. The first-order chi connectivity index (χ1) is 9.15. The molecule has 0 aromatic heterocycles. The van der Waals surface area contributed by atoms with Crippen LogP contribution >= 0.6 is 0 Å². The fraction of sp³-hybridized carbons (Fsp3) is 0.846. The molecular weight excluding hydrogens is 260 g/mol. The first-order valence-electron chi connectivity index (χ1n) is 7.25. The van der Waals surface area contributed by atoms with Gasteiger partial charge in [-0.05, 0) is 37.8 Å². The number of hydrogen-bond donors (Lipinski definition) is 1. The van der Waals surface area contributed by atoms with Crippen LogP contribution in [0, 0.1) is 0 Å². The van der Waals surface area contributed by atoms with Crippen molar-refractivity contribution in [3.05, 3.63) is 0 Å². The number of amides is 3. The summed E-state index contributed by atoms with van der Waals surface area (Å²) in [6, 6.07) is 1.26. The molecule has 108 valence electrons. The standard InChI is InChI=1S/C13H24N2O3Si/c1-2-19(18)11-7-5-9-14-13(17)15-10-6-3-4-8-12(15)16/h2-11H2,1H3,(H,14,17). The van der Waals surface area contributed by atoms with Crippen molar-refractivity contribution >= 4 is 20.6 Å². The molecule has 0 radical (unpaired) electrons. The average Bonchev–Trinajstić information content (AvgIpc) is 2.62. The maximum Gasteiger partial charge on any atom is 0.324 e. The summed E-state index contributed by atoms with van der Waals surface area (Å²) in [4.78, 5) is 24.9. The van der Waals surface area contributed by atoms with Crippen molar-refractivity contribution in [3.8, 4) is 0 Å². The molecule has 3 amide bonds. The van der Waals surface area contributed by atoms with E-state index in [0.717, 1.165) is 44.2 Å².